The fourth-order valence-corrected chi connectivity index (χ4v) is 4.21. The van der Waals surface area contributed by atoms with Gasteiger partial charge < -0.3 is 10.1 Å². The summed E-state index contributed by atoms with van der Waals surface area (Å²) in [7, 11) is 2.14. The van der Waals surface area contributed by atoms with Crippen LogP contribution in [0.5, 0.6) is 0 Å². The number of ether oxygens (including phenoxy) is 1. The molecule has 1 saturated carbocycles. The second kappa shape index (κ2) is 6.55. The number of morpholine rings is 1. The highest BCUT2D eigenvalue weighted by atomic mass is 16.5. The van der Waals surface area contributed by atoms with Crippen molar-refractivity contribution in [3.63, 3.8) is 0 Å². The molecule has 1 saturated heterocycles. The molecular weight excluding hydrogens is 236 g/mol. The molecule has 3 atom stereocenters. The average Bonchev–Trinajstić information content (AvgIpc) is 2.38. The van der Waals surface area contributed by atoms with Gasteiger partial charge >= 0.3 is 0 Å². The van der Waals surface area contributed by atoms with E-state index >= 15 is 0 Å². The van der Waals surface area contributed by atoms with Crippen molar-refractivity contribution in [2.75, 3.05) is 33.4 Å². The average molecular weight is 268 g/mol. The zero-order chi connectivity index (χ0) is 13.9. The van der Waals surface area contributed by atoms with Gasteiger partial charge in [0.2, 0.25) is 0 Å². The second-order valence-electron chi connectivity index (χ2n) is 7.04. The Morgan fingerprint density at radius 2 is 2.16 bits per heavy atom. The van der Waals surface area contributed by atoms with Crippen LogP contribution in [0.4, 0.5) is 0 Å². The van der Waals surface area contributed by atoms with Crippen molar-refractivity contribution in [3.05, 3.63) is 0 Å². The van der Waals surface area contributed by atoms with Gasteiger partial charge in [0.1, 0.15) is 0 Å². The van der Waals surface area contributed by atoms with Crippen molar-refractivity contribution in [2.24, 2.45) is 11.3 Å². The molecule has 3 nitrogen and oxygen atoms in total. The Morgan fingerprint density at radius 3 is 2.84 bits per heavy atom. The van der Waals surface area contributed by atoms with Crippen molar-refractivity contribution in [1.29, 1.82) is 0 Å². The molecule has 0 aromatic rings. The zero-order valence-electron chi connectivity index (χ0n) is 13.2. The van der Waals surface area contributed by atoms with E-state index in [0.717, 1.165) is 25.7 Å². The first-order valence-corrected chi connectivity index (χ1v) is 8.07. The monoisotopic (exact) mass is 268 g/mol. The molecule has 2 fully saturated rings. The Bertz CT molecular complexity index is 280. The van der Waals surface area contributed by atoms with Crippen LogP contribution < -0.4 is 5.32 Å². The molecule has 0 aromatic carbocycles. The van der Waals surface area contributed by atoms with E-state index in [1.165, 1.54) is 32.2 Å². The Kier molecular flexibility index (Phi) is 5.27. The maximum Gasteiger partial charge on any atom is 0.0622 e. The Labute approximate surface area is 119 Å². The molecule has 2 rings (SSSR count). The predicted octanol–water partition coefficient (Wildman–Crippen LogP) is 2.51. The summed E-state index contributed by atoms with van der Waals surface area (Å²) in [5.41, 5.74) is 0.436. The lowest BCUT2D eigenvalue weighted by Gasteiger charge is -2.47. The van der Waals surface area contributed by atoms with Crippen LogP contribution in [-0.2, 0) is 4.74 Å². The minimum Gasteiger partial charge on any atom is -0.378 e. The fraction of sp³-hybridized carbons (Fsp3) is 1.00. The smallest absolute Gasteiger partial charge is 0.0622 e. The third-order valence-corrected chi connectivity index (χ3v) is 5.31. The van der Waals surface area contributed by atoms with Crippen LogP contribution in [0.25, 0.3) is 0 Å². The van der Waals surface area contributed by atoms with Crippen LogP contribution in [0, 0.1) is 11.3 Å². The van der Waals surface area contributed by atoms with Gasteiger partial charge in [0, 0.05) is 25.2 Å². The van der Waals surface area contributed by atoms with Crippen molar-refractivity contribution in [1.82, 2.24) is 10.2 Å². The summed E-state index contributed by atoms with van der Waals surface area (Å²) in [4.78, 5) is 2.68. The molecular formula is C16H32N2O. The molecule has 0 amide bonds. The van der Waals surface area contributed by atoms with E-state index < -0.39 is 0 Å². The quantitative estimate of drug-likeness (QED) is 0.848. The molecule has 19 heavy (non-hydrogen) atoms. The van der Waals surface area contributed by atoms with Crippen molar-refractivity contribution < 1.29 is 4.74 Å². The lowest BCUT2D eigenvalue weighted by atomic mass is 9.67. The van der Waals surface area contributed by atoms with Gasteiger partial charge in [0.05, 0.1) is 13.2 Å². The van der Waals surface area contributed by atoms with Crippen LogP contribution in [0.3, 0.4) is 0 Å². The third-order valence-electron chi connectivity index (χ3n) is 5.31. The van der Waals surface area contributed by atoms with Crippen LogP contribution in [0.1, 0.15) is 46.5 Å². The number of nitrogens with zero attached hydrogens (tertiary/aromatic N) is 1. The predicted molar refractivity (Wildman–Crippen MR) is 80.4 cm³/mol. The first-order chi connectivity index (χ1) is 9.08. The van der Waals surface area contributed by atoms with E-state index in [2.05, 4.69) is 38.0 Å². The molecule has 3 unspecified atom stereocenters. The first-order valence-electron chi connectivity index (χ1n) is 8.07. The van der Waals surface area contributed by atoms with Crippen molar-refractivity contribution in [3.8, 4) is 0 Å². The highest BCUT2D eigenvalue weighted by molar-refractivity contribution is 4.94. The second-order valence-corrected chi connectivity index (χ2v) is 7.04. The number of nitrogens with one attached hydrogen (secondary N) is 1. The molecule has 112 valence electrons. The molecule has 0 aromatic heterocycles. The summed E-state index contributed by atoms with van der Waals surface area (Å²) in [6, 6.07) is 1.29. The van der Waals surface area contributed by atoms with Crippen LogP contribution >= 0.6 is 0 Å². The van der Waals surface area contributed by atoms with Crippen LogP contribution in [0.2, 0.25) is 0 Å². The van der Waals surface area contributed by atoms with E-state index in [9.17, 15) is 0 Å². The molecule has 1 aliphatic carbocycles. The van der Waals surface area contributed by atoms with Gasteiger partial charge in [-0.2, -0.15) is 0 Å². The van der Waals surface area contributed by atoms with Crippen LogP contribution in [0.15, 0.2) is 0 Å². The molecule has 1 N–H and O–H groups in total. The summed E-state index contributed by atoms with van der Waals surface area (Å²) in [5, 5.41) is 3.61. The summed E-state index contributed by atoms with van der Waals surface area (Å²) < 4.78 is 5.63. The van der Waals surface area contributed by atoms with Crippen molar-refractivity contribution in [2.45, 2.75) is 58.5 Å². The highest BCUT2D eigenvalue weighted by Gasteiger charge is 2.39. The maximum atomic E-state index is 5.63. The minimum atomic E-state index is 0.436. The molecule has 1 aliphatic heterocycles. The van der Waals surface area contributed by atoms with E-state index in [1.54, 1.807) is 0 Å². The lowest BCUT2D eigenvalue weighted by molar-refractivity contribution is -0.0271. The van der Waals surface area contributed by atoms with Gasteiger partial charge in [0.15, 0.2) is 0 Å². The molecule has 0 bridgehead atoms. The largest absolute Gasteiger partial charge is 0.378 e. The normalized spacial score (nSPS) is 36.3. The number of hydrogen-bond donors (Lipinski definition) is 1. The van der Waals surface area contributed by atoms with Gasteiger partial charge in [-0.1, -0.05) is 27.2 Å². The van der Waals surface area contributed by atoms with E-state index in [0.29, 0.717) is 17.5 Å². The standard InChI is InChI=1S/C16H32N2O/c1-5-14-12-19-10-9-18(14)11-13-7-6-8-16(2,3)15(13)17-4/h13-15,17H,5-12H2,1-4H3. The van der Waals surface area contributed by atoms with E-state index in [-0.39, 0.29) is 0 Å². The fourth-order valence-electron chi connectivity index (χ4n) is 4.21. The molecule has 2 aliphatic rings. The van der Waals surface area contributed by atoms with Gasteiger partial charge in [-0.05, 0) is 37.6 Å². The molecule has 1 heterocycles. The summed E-state index contributed by atoms with van der Waals surface area (Å²) in [6.07, 6.45) is 5.33. The van der Waals surface area contributed by atoms with Crippen molar-refractivity contribution >= 4 is 0 Å². The van der Waals surface area contributed by atoms with Crippen LogP contribution in [-0.4, -0.2) is 50.3 Å². The SMILES string of the molecule is CCC1COCCN1CC1CCCC(C)(C)C1NC. The van der Waals surface area contributed by atoms with E-state index in [1.807, 2.05) is 0 Å². The first kappa shape index (κ1) is 15.3. The Hall–Kier alpha value is -0.120. The third kappa shape index (κ3) is 3.50. The molecule has 0 spiro atoms. The molecule has 0 radical (unpaired) electrons. The Morgan fingerprint density at radius 1 is 1.37 bits per heavy atom. The van der Waals surface area contributed by atoms with E-state index in [4.69, 9.17) is 4.74 Å². The number of rotatable bonds is 4. The highest BCUT2D eigenvalue weighted by Crippen LogP contribution is 2.39. The topological polar surface area (TPSA) is 24.5 Å². The van der Waals surface area contributed by atoms with Gasteiger partial charge in [-0.3, -0.25) is 4.90 Å². The summed E-state index contributed by atoms with van der Waals surface area (Å²) in [6.45, 7) is 11.3. The zero-order valence-corrected chi connectivity index (χ0v) is 13.2. The summed E-state index contributed by atoms with van der Waals surface area (Å²) in [5.74, 6) is 0.792. The lowest BCUT2D eigenvalue weighted by Crippen LogP contribution is -2.54. The summed E-state index contributed by atoms with van der Waals surface area (Å²) >= 11 is 0. The van der Waals surface area contributed by atoms with Gasteiger partial charge in [0.25, 0.3) is 0 Å². The number of hydrogen-bond acceptors (Lipinski definition) is 3. The maximum absolute atomic E-state index is 5.63. The minimum absolute atomic E-state index is 0.436. The van der Waals surface area contributed by atoms with Gasteiger partial charge in [-0.15, -0.1) is 0 Å². The Balaban J connectivity index is 1.99. The van der Waals surface area contributed by atoms with Gasteiger partial charge in [-0.25, -0.2) is 0 Å². The molecule has 3 heteroatoms.